The number of benzene rings is 6. The molecular weight excluding hydrogens is 605 g/mol. The van der Waals surface area contributed by atoms with Crippen LogP contribution in [0.4, 0.5) is 0 Å². The van der Waals surface area contributed by atoms with E-state index in [0.29, 0.717) is 5.92 Å². The number of imidazole rings is 1. The second-order valence-corrected chi connectivity index (χ2v) is 13.9. The van der Waals surface area contributed by atoms with Crippen molar-refractivity contribution < 1.29 is 0 Å². The summed E-state index contributed by atoms with van der Waals surface area (Å²) in [6.07, 6.45) is 4.70. The molecule has 11 rings (SSSR count). The Hall–Kier alpha value is -6.25. The van der Waals surface area contributed by atoms with E-state index in [0.717, 1.165) is 11.3 Å². The molecule has 234 valence electrons. The lowest BCUT2D eigenvalue weighted by molar-refractivity contribution is 0.669. The van der Waals surface area contributed by atoms with Crippen LogP contribution in [0.5, 0.6) is 0 Å². The number of hydrogen-bond acceptors (Lipinski definition) is 1. The molecule has 0 bridgehead atoms. The average molecular weight is 637 g/mol. The zero-order valence-corrected chi connectivity index (χ0v) is 27.6. The fourth-order valence-corrected chi connectivity index (χ4v) is 9.09. The van der Waals surface area contributed by atoms with E-state index in [1.54, 1.807) is 0 Å². The highest BCUT2D eigenvalue weighted by Crippen LogP contribution is 2.53. The Morgan fingerprint density at radius 2 is 1.12 bits per heavy atom. The van der Waals surface area contributed by atoms with Crippen LogP contribution in [-0.4, -0.2) is 9.38 Å². The fourth-order valence-electron chi connectivity index (χ4n) is 9.09. The molecule has 2 heteroatoms. The Morgan fingerprint density at radius 1 is 0.480 bits per heavy atom. The molecule has 0 N–H and O–H groups in total. The quantitative estimate of drug-likeness (QED) is 0.188. The maximum absolute atomic E-state index is 5.15. The Bertz CT molecular complexity index is 2730. The zero-order chi connectivity index (χ0) is 32.9. The van der Waals surface area contributed by atoms with Crippen LogP contribution in [0.2, 0.25) is 0 Å². The monoisotopic (exact) mass is 636 g/mol. The van der Waals surface area contributed by atoms with Crippen LogP contribution in [0.15, 0.2) is 164 Å². The molecule has 2 unspecified atom stereocenters. The van der Waals surface area contributed by atoms with Crippen molar-refractivity contribution in [2.45, 2.75) is 12.8 Å². The minimum atomic E-state index is 0.250. The molecular formula is C48H32N2. The molecule has 3 heterocycles. The summed E-state index contributed by atoms with van der Waals surface area (Å²) < 4.78 is 2.39. The van der Waals surface area contributed by atoms with Crippen LogP contribution in [0.1, 0.15) is 29.8 Å². The van der Waals surface area contributed by atoms with E-state index in [1.807, 2.05) is 0 Å². The van der Waals surface area contributed by atoms with Crippen molar-refractivity contribution in [1.82, 2.24) is 9.38 Å². The van der Waals surface area contributed by atoms with Gasteiger partial charge in [0.05, 0.1) is 17.1 Å². The van der Waals surface area contributed by atoms with Gasteiger partial charge in [-0.2, -0.15) is 0 Å². The van der Waals surface area contributed by atoms with Gasteiger partial charge in [0.25, 0.3) is 0 Å². The van der Waals surface area contributed by atoms with Crippen molar-refractivity contribution in [3.05, 3.63) is 181 Å². The van der Waals surface area contributed by atoms with E-state index in [2.05, 4.69) is 175 Å². The standard InChI is InChI=1S/C48H32N2/c1-29-35(24-27-42-43-18-9-19-44-49-47(32-10-3-2-4-11-32)48(45(29)42)50(43)44)31-22-20-30(21-23-31)33-12-7-13-34(28-33)36-25-26-41-38-15-6-5-14-37(38)40-17-8-16-39(36)46(40)41/h2-29,45H,1H3. The molecule has 0 saturated heterocycles. The van der Waals surface area contributed by atoms with Crippen LogP contribution in [-0.2, 0) is 0 Å². The highest BCUT2D eigenvalue weighted by atomic mass is 15.1. The van der Waals surface area contributed by atoms with Crippen molar-refractivity contribution in [3.8, 4) is 55.8 Å². The zero-order valence-electron chi connectivity index (χ0n) is 27.6. The van der Waals surface area contributed by atoms with Crippen LogP contribution >= 0.6 is 0 Å². The van der Waals surface area contributed by atoms with Crippen molar-refractivity contribution in [1.29, 1.82) is 0 Å². The van der Waals surface area contributed by atoms with E-state index in [1.165, 1.54) is 88.9 Å². The molecule has 3 aliphatic rings. The summed E-state index contributed by atoms with van der Waals surface area (Å²) in [4.78, 5) is 5.15. The number of aromatic nitrogens is 2. The molecule has 0 spiro atoms. The predicted molar refractivity (Wildman–Crippen MR) is 208 cm³/mol. The summed E-state index contributed by atoms with van der Waals surface area (Å²) >= 11 is 0. The number of allylic oxidation sites excluding steroid dienone is 4. The third kappa shape index (κ3) is 3.82. The van der Waals surface area contributed by atoms with E-state index >= 15 is 0 Å². The third-order valence-corrected chi connectivity index (χ3v) is 11.4. The Balaban J connectivity index is 0.942. The van der Waals surface area contributed by atoms with Crippen LogP contribution in [0.25, 0.3) is 83.3 Å². The molecule has 50 heavy (non-hydrogen) atoms. The summed E-state index contributed by atoms with van der Waals surface area (Å²) in [6.45, 7) is 2.39. The molecule has 8 aromatic rings. The summed E-state index contributed by atoms with van der Waals surface area (Å²) in [6, 6.07) is 55.6. The maximum Gasteiger partial charge on any atom is 0.138 e. The van der Waals surface area contributed by atoms with Gasteiger partial charge in [-0.15, -0.1) is 0 Å². The number of rotatable bonds is 4. The Labute approximate surface area is 291 Å². The topological polar surface area (TPSA) is 17.3 Å². The van der Waals surface area contributed by atoms with Crippen LogP contribution in [0, 0.1) is 5.92 Å². The second-order valence-electron chi connectivity index (χ2n) is 13.9. The van der Waals surface area contributed by atoms with Gasteiger partial charge in [-0.05, 0) is 96.1 Å². The van der Waals surface area contributed by atoms with E-state index < -0.39 is 0 Å². The van der Waals surface area contributed by atoms with E-state index in [4.69, 9.17) is 4.98 Å². The van der Waals surface area contributed by atoms with Gasteiger partial charge in [-0.1, -0.05) is 153 Å². The van der Waals surface area contributed by atoms with Crippen molar-refractivity contribution >= 4 is 27.6 Å². The van der Waals surface area contributed by atoms with Gasteiger partial charge < -0.3 is 0 Å². The van der Waals surface area contributed by atoms with E-state index in [9.17, 15) is 0 Å². The van der Waals surface area contributed by atoms with Gasteiger partial charge in [-0.25, -0.2) is 4.98 Å². The minimum Gasteiger partial charge on any atom is -0.296 e. The Morgan fingerprint density at radius 3 is 1.96 bits per heavy atom. The fraction of sp³-hybridized carbons (Fsp3) is 0.0625. The highest BCUT2D eigenvalue weighted by Gasteiger charge is 2.40. The summed E-state index contributed by atoms with van der Waals surface area (Å²) in [5.41, 5.74) is 20.2. The van der Waals surface area contributed by atoms with Crippen molar-refractivity contribution in [2.75, 3.05) is 0 Å². The molecule has 0 fully saturated rings. The minimum absolute atomic E-state index is 0.250. The van der Waals surface area contributed by atoms with Crippen molar-refractivity contribution in [2.24, 2.45) is 5.92 Å². The lowest BCUT2D eigenvalue weighted by atomic mass is 9.74. The number of hydrogen-bond donors (Lipinski definition) is 0. The molecule has 2 atom stereocenters. The first-order valence-corrected chi connectivity index (χ1v) is 17.6. The van der Waals surface area contributed by atoms with E-state index in [-0.39, 0.29) is 5.92 Å². The molecule has 0 saturated carbocycles. The number of nitrogens with zero attached hydrogens (tertiary/aromatic N) is 2. The number of pyridine rings is 1. The van der Waals surface area contributed by atoms with Gasteiger partial charge in [-0.3, -0.25) is 4.40 Å². The normalized spacial score (nSPS) is 16.7. The molecule has 1 aliphatic heterocycles. The largest absolute Gasteiger partial charge is 0.296 e. The molecule has 0 amide bonds. The second kappa shape index (κ2) is 10.4. The summed E-state index contributed by atoms with van der Waals surface area (Å²) in [7, 11) is 0. The van der Waals surface area contributed by atoms with Gasteiger partial charge >= 0.3 is 0 Å². The molecule has 2 aromatic heterocycles. The number of fused-ring (bicyclic) bond motifs is 6. The average Bonchev–Trinajstić information content (AvgIpc) is 3.84. The predicted octanol–water partition coefficient (Wildman–Crippen LogP) is 12.3. The first-order valence-electron chi connectivity index (χ1n) is 17.6. The molecule has 6 aromatic carbocycles. The SMILES string of the molecule is CC1C(c2ccc(-c3cccc(-c4ccc5c6c(cccc46)-c4ccccc4-5)c3)cc2)=CC=C2c3cccc4nc(-c5ccccc5)c(n34)C21. The lowest BCUT2D eigenvalue weighted by Gasteiger charge is -2.28. The van der Waals surface area contributed by atoms with Crippen LogP contribution < -0.4 is 0 Å². The first kappa shape index (κ1) is 27.7. The maximum atomic E-state index is 5.15. The van der Waals surface area contributed by atoms with Gasteiger partial charge in [0.2, 0.25) is 0 Å². The third-order valence-electron chi connectivity index (χ3n) is 11.4. The van der Waals surface area contributed by atoms with Gasteiger partial charge in [0.15, 0.2) is 0 Å². The van der Waals surface area contributed by atoms with Crippen LogP contribution in [0.3, 0.4) is 0 Å². The Kier molecular flexibility index (Phi) is 5.74. The van der Waals surface area contributed by atoms with Gasteiger partial charge in [0.1, 0.15) is 5.65 Å². The summed E-state index contributed by atoms with van der Waals surface area (Å²) in [5.74, 6) is 0.549. The molecule has 0 radical (unpaired) electrons. The summed E-state index contributed by atoms with van der Waals surface area (Å²) in [5, 5.41) is 2.68. The van der Waals surface area contributed by atoms with Gasteiger partial charge in [0, 0.05) is 11.5 Å². The highest BCUT2D eigenvalue weighted by molar-refractivity contribution is 6.18. The molecule has 2 nitrogen and oxygen atoms in total. The van der Waals surface area contributed by atoms with Crippen molar-refractivity contribution in [3.63, 3.8) is 0 Å². The first-order chi connectivity index (χ1) is 24.7. The smallest absolute Gasteiger partial charge is 0.138 e. The lowest BCUT2D eigenvalue weighted by Crippen LogP contribution is -2.14. The molecule has 2 aliphatic carbocycles.